The van der Waals surface area contributed by atoms with Crippen LogP contribution < -0.4 is 16.4 Å². The molecule has 3 atom stereocenters. The average Bonchev–Trinajstić information content (AvgIpc) is 3.01. The van der Waals surface area contributed by atoms with Gasteiger partial charge in [0.1, 0.15) is 35.1 Å². The number of aromatic hydroxyl groups is 1. The van der Waals surface area contributed by atoms with E-state index in [1.165, 1.54) is 17.0 Å². The van der Waals surface area contributed by atoms with E-state index in [4.69, 9.17) is 15.2 Å². The van der Waals surface area contributed by atoms with Crippen molar-refractivity contribution in [2.24, 2.45) is 5.73 Å². The van der Waals surface area contributed by atoms with Crippen LogP contribution in [-0.2, 0) is 35.1 Å². The maximum atomic E-state index is 14.6. The Morgan fingerprint density at radius 2 is 1.40 bits per heavy atom. The van der Waals surface area contributed by atoms with Gasteiger partial charge in [0.15, 0.2) is 0 Å². The fraction of sp³-hybridized carbons (Fsp3) is 0.553. The number of esters is 1. The SMILES string of the molecule is CCCCCCCN(C(=O)C(CCC(N)=O)NC(=O)OC(C)(C)C)C(C(=O)NC(Cc1ccccc1)C(=O)OC(C)(C)C)c1ccccc1O. The van der Waals surface area contributed by atoms with Crippen molar-refractivity contribution >= 4 is 29.8 Å². The molecule has 0 radical (unpaired) electrons. The Labute approximate surface area is 296 Å². The van der Waals surface area contributed by atoms with E-state index in [1.54, 1.807) is 53.7 Å². The maximum absolute atomic E-state index is 14.6. The number of phenolic OH excluding ortho intramolecular Hbond substituents is 1. The van der Waals surface area contributed by atoms with Crippen LogP contribution in [0.2, 0.25) is 0 Å². The van der Waals surface area contributed by atoms with Crippen molar-refractivity contribution < 1.29 is 38.6 Å². The first kappa shape index (κ1) is 41.6. The molecule has 4 amide bonds. The van der Waals surface area contributed by atoms with Gasteiger partial charge in [-0.05, 0) is 66.0 Å². The lowest BCUT2D eigenvalue weighted by Gasteiger charge is -2.35. The number of unbranched alkanes of at least 4 members (excludes halogenated alkanes) is 4. The van der Waals surface area contributed by atoms with Crippen molar-refractivity contribution in [1.82, 2.24) is 15.5 Å². The van der Waals surface area contributed by atoms with Crippen molar-refractivity contribution in [3.8, 4) is 5.75 Å². The van der Waals surface area contributed by atoms with Crippen molar-refractivity contribution in [3.63, 3.8) is 0 Å². The summed E-state index contributed by atoms with van der Waals surface area (Å²) in [4.78, 5) is 68.7. The van der Waals surface area contributed by atoms with Gasteiger partial charge in [-0.25, -0.2) is 9.59 Å². The zero-order valence-corrected chi connectivity index (χ0v) is 30.6. The molecular weight excluding hydrogens is 640 g/mol. The van der Waals surface area contributed by atoms with E-state index in [-0.39, 0.29) is 37.1 Å². The highest BCUT2D eigenvalue weighted by Gasteiger charge is 2.39. The summed E-state index contributed by atoms with van der Waals surface area (Å²) >= 11 is 0. The van der Waals surface area contributed by atoms with E-state index < -0.39 is 59.1 Å². The molecule has 276 valence electrons. The molecule has 2 rings (SSSR count). The molecule has 0 saturated heterocycles. The summed E-state index contributed by atoms with van der Waals surface area (Å²) in [7, 11) is 0. The topological polar surface area (TPSA) is 177 Å². The first-order valence-electron chi connectivity index (χ1n) is 17.3. The van der Waals surface area contributed by atoms with Crippen LogP contribution in [-0.4, -0.2) is 69.6 Å². The highest BCUT2D eigenvalue weighted by Crippen LogP contribution is 2.31. The number of para-hydroxylation sites is 1. The molecule has 0 aliphatic carbocycles. The summed E-state index contributed by atoms with van der Waals surface area (Å²) in [5, 5.41) is 16.4. The fourth-order valence-electron chi connectivity index (χ4n) is 5.28. The molecule has 2 aromatic rings. The average molecular weight is 697 g/mol. The number of alkyl carbamates (subject to hydrolysis) is 1. The van der Waals surface area contributed by atoms with Crippen LogP contribution in [0.3, 0.4) is 0 Å². The minimum Gasteiger partial charge on any atom is -0.508 e. The highest BCUT2D eigenvalue weighted by molar-refractivity contribution is 5.94. The van der Waals surface area contributed by atoms with Crippen molar-refractivity contribution in [3.05, 3.63) is 65.7 Å². The standard InChI is InChI=1S/C38H56N4O8/c1-8-9-10-11-17-24-42(34(46)28(22-23-31(39)44)41-36(48)50-38(5,6)7)32(27-20-15-16-21-30(27)43)33(45)40-29(35(47)49-37(2,3)4)25-26-18-13-12-14-19-26/h12-16,18-21,28-29,32,43H,8-11,17,22-25H2,1-7H3,(H2,39,44)(H,40,45)(H,41,48). The molecule has 0 aliphatic rings. The third-order valence-corrected chi connectivity index (χ3v) is 7.54. The number of amides is 4. The number of phenols is 1. The van der Waals surface area contributed by atoms with Crippen LogP contribution in [0, 0.1) is 0 Å². The van der Waals surface area contributed by atoms with Gasteiger partial charge < -0.3 is 35.8 Å². The number of nitrogens with zero attached hydrogens (tertiary/aromatic N) is 1. The largest absolute Gasteiger partial charge is 0.508 e. The normalized spacial score (nSPS) is 13.3. The Morgan fingerprint density at radius 3 is 1.98 bits per heavy atom. The predicted octanol–water partition coefficient (Wildman–Crippen LogP) is 5.46. The van der Waals surface area contributed by atoms with Gasteiger partial charge in [0.05, 0.1) is 0 Å². The zero-order valence-electron chi connectivity index (χ0n) is 30.6. The number of carbonyl (C=O) groups is 5. The smallest absolute Gasteiger partial charge is 0.408 e. The van der Waals surface area contributed by atoms with Crippen LogP contribution in [0.15, 0.2) is 54.6 Å². The van der Waals surface area contributed by atoms with Gasteiger partial charge in [-0.15, -0.1) is 0 Å². The number of ether oxygens (including phenoxy) is 2. The Balaban J connectivity index is 2.65. The summed E-state index contributed by atoms with van der Waals surface area (Å²) in [5.74, 6) is -3.04. The first-order valence-corrected chi connectivity index (χ1v) is 17.3. The van der Waals surface area contributed by atoms with E-state index >= 15 is 0 Å². The predicted molar refractivity (Wildman–Crippen MR) is 191 cm³/mol. The second kappa shape index (κ2) is 19.5. The molecule has 0 aromatic heterocycles. The molecule has 50 heavy (non-hydrogen) atoms. The Kier molecular flexibility index (Phi) is 16.2. The highest BCUT2D eigenvalue weighted by atomic mass is 16.6. The second-order valence-electron chi connectivity index (χ2n) is 14.4. The van der Waals surface area contributed by atoms with Gasteiger partial charge >= 0.3 is 12.1 Å². The van der Waals surface area contributed by atoms with E-state index in [0.29, 0.717) is 6.42 Å². The quantitative estimate of drug-likeness (QED) is 0.117. The number of carbonyl (C=O) groups excluding carboxylic acids is 5. The summed E-state index contributed by atoms with van der Waals surface area (Å²) in [6.45, 7) is 12.3. The van der Waals surface area contributed by atoms with Gasteiger partial charge in [0.25, 0.3) is 0 Å². The second-order valence-corrected chi connectivity index (χ2v) is 14.4. The number of benzene rings is 2. The van der Waals surface area contributed by atoms with Crippen LogP contribution >= 0.6 is 0 Å². The van der Waals surface area contributed by atoms with Crippen LogP contribution in [0.5, 0.6) is 5.75 Å². The third kappa shape index (κ3) is 14.9. The molecule has 12 heteroatoms. The minimum absolute atomic E-state index is 0.0633. The van der Waals surface area contributed by atoms with E-state index in [0.717, 1.165) is 31.2 Å². The lowest BCUT2D eigenvalue weighted by Crippen LogP contribution is -2.55. The number of hydrogen-bond donors (Lipinski definition) is 4. The van der Waals surface area contributed by atoms with Gasteiger partial charge in [0, 0.05) is 24.9 Å². The minimum atomic E-state index is -1.44. The van der Waals surface area contributed by atoms with Crippen molar-refractivity contribution in [2.45, 2.75) is 129 Å². The van der Waals surface area contributed by atoms with Gasteiger partial charge in [-0.1, -0.05) is 81.1 Å². The molecule has 0 heterocycles. The molecule has 2 aromatic carbocycles. The van der Waals surface area contributed by atoms with Crippen LogP contribution in [0.4, 0.5) is 4.79 Å². The monoisotopic (exact) mass is 696 g/mol. The molecule has 0 aliphatic heterocycles. The van der Waals surface area contributed by atoms with Gasteiger partial charge in [0.2, 0.25) is 17.7 Å². The van der Waals surface area contributed by atoms with Crippen LogP contribution in [0.25, 0.3) is 0 Å². The number of nitrogens with one attached hydrogen (secondary N) is 2. The molecule has 0 bridgehead atoms. The van der Waals surface area contributed by atoms with Crippen molar-refractivity contribution in [1.29, 1.82) is 0 Å². The first-order chi connectivity index (χ1) is 23.4. The molecular formula is C38H56N4O8. The Morgan fingerprint density at radius 1 is 0.800 bits per heavy atom. The van der Waals surface area contributed by atoms with E-state index in [1.807, 2.05) is 30.3 Å². The molecule has 0 spiro atoms. The van der Waals surface area contributed by atoms with Crippen LogP contribution in [0.1, 0.15) is 111 Å². The third-order valence-electron chi connectivity index (χ3n) is 7.54. The number of primary amides is 1. The van der Waals surface area contributed by atoms with Crippen molar-refractivity contribution in [2.75, 3.05) is 6.54 Å². The zero-order chi connectivity index (χ0) is 37.5. The molecule has 12 nitrogen and oxygen atoms in total. The lowest BCUT2D eigenvalue weighted by molar-refractivity contribution is -0.159. The van der Waals surface area contributed by atoms with Gasteiger partial charge in [-0.3, -0.25) is 14.4 Å². The van der Waals surface area contributed by atoms with E-state index in [2.05, 4.69) is 17.6 Å². The lowest BCUT2D eigenvalue weighted by atomic mass is 9.98. The van der Waals surface area contributed by atoms with Gasteiger partial charge in [-0.2, -0.15) is 0 Å². The molecule has 0 saturated carbocycles. The molecule has 0 fully saturated rings. The summed E-state index contributed by atoms with van der Waals surface area (Å²) in [6, 6.07) is 11.4. The summed E-state index contributed by atoms with van der Waals surface area (Å²) in [6.07, 6.45) is 2.92. The fourth-order valence-corrected chi connectivity index (χ4v) is 5.28. The number of rotatable bonds is 18. The maximum Gasteiger partial charge on any atom is 0.408 e. The Bertz CT molecular complexity index is 1420. The molecule has 3 unspecified atom stereocenters. The molecule has 5 N–H and O–H groups in total. The number of hydrogen-bond acceptors (Lipinski definition) is 8. The summed E-state index contributed by atoms with van der Waals surface area (Å²) < 4.78 is 11.1. The van der Waals surface area contributed by atoms with E-state index in [9.17, 15) is 29.1 Å². The Hall–Kier alpha value is -4.61. The summed E-state index contributed by atoms with van der Waals surface area (Å²) in [5.41, 5.74) is 4.58. The number of nitrogens with two attached hydrogens (primary N) is 1.